The molecule has 94 valence electrons. The number of hydrogen-bond donors (Lipinski definition) is 3. The zero-order valence-corrected chi connectivity index (χ0v) is 10.6. The third kappa shape index (κ3) is 3.85. The van der Waals surface area contributed by atoms with Crippen LogP contribution in [0.15, 0.2) is 21.8 Å². The molecule has 0 saturated heterocycles. The highest BCUT2D eigenvalue weighted by molar-refractivity contribution is 9.10. The molecule has 0 aliphatic rings. The van der Waals surface area contributed by atoms with Crippen molar-refractivity contribution in [1.82, 2.24) is 0 Å². The third-order valence-corrected chi connectivity index (χ3v) is 2.67. The van der Waals surface area contributed by atoms with Crippen LogP contribution in [0.2, 0.25) is 0 Å². The van der Waals surface area contributed by atoms with E-state index in [0.29, 0.717) is 0 Å². The molecule has 0 saturated carbocycles. The smallest absolute Gasteiger partial charge is 0.150 e. The quantitative estimate of drug-likeness (QED) is 0.347. The minimum absolute atomic E-state index is 0.0312. The molecule has 0 aliphatic carbocycles. The lowest BCUT2D eigenvalue weighted by Crippen LogP contribution is -2.25. The maximum Gasteiger partial charge on any atom is 0.150 e. The van der Waals surface area contributed by atoms with Crippen molar-refractivity contribution in [2.45, 2.75) is 19.4 Å². The summed E-state index contributed by atoms with van der Waals surface area (Å²) in [5.74, 6) is -1.34. The van der Waals surface area contributed by atoms with Crippen molar-refractivity contribution in [2.24, 2.45) is 10.9 Å². The van der Waals surface area contributed by atoms with Gasteiger partial charge in [0.2, 0.25) is 0 Å². The minimum Gasteiger partial charge on any atom is -0.409 e. The number of amidine groups is 1. The van der Waals surface area contributed by atoms with Gasteiger partial charge in [-0.25, -0.2) is 8.78 Å². The van der Waals surface area contributed by atoms with Crippen LogP contribution in [0.5, 0.6) is 0 Å². The summed E-state index contributed by atoms with van der Waals surface area (Å²) in [6, 6.07) is 1.67. The van der Waals surface area contributed by atoms with Gasteiger partial charge >= 0.3 is 0 Å². The van der Waals surface area contributed by atoms with E-state index in [1.54, 1.807) is 6.92 Å². The highest BCUT2D eigenvalue weighted by Crippen LogP contribution is 2.27. The lowest BCUT2D eigenvalue weighted by molar-refractivity contribution is 0.316. The SMILES string of the molecule is CC(CC(N)=NO)Nc1c(F)cc(F)cc1Br. The van der Waals surface area contributed by atoms with Gasteiger partial charge in [-0.05, 0) is 28.9 Å². The van der Waals surface area contributed by atoms with Crippen molar-refractivity contribution in [3.05, 3.63) is 28.2 Å². The largest absolute Gasteiger partial charge is 0.409 e. The highest BCUT2D eigenvalue weighted by Gasteiger charge is 2.13. The number of hydrogen-bond acceptors (Lipinski definition) is 3. The normalized spacial score (nSPS) is 13.5. The standard InChI is InChI=1S/C10H12BrF2N3O/c1-5(2-9(14)16-17)15-10-7(11)3-6(12)4-8(10)13/h3-5,15,17H,2H2,1H3,(H2,14,16). The Bertz CT molecular complexity index is 417. The number of nitrogens with zero attached hydrogens (tertiary/aromatic N) is 1. The fraction of sp³-hybridized carbons (Fsp3) is 0.300. The Hall–Kier alpha value is -1.37. The van der Waals surface area contributed by atoms with Crippen LogP contribution in [0.1, 0.15) is 13.3 Å². The van der Waals surface area contributed by atoms with Crippen molar-refractivity contribution in [3.63, 3.8) is 0 Å². The third-order valence-electron chi connectivity index (χ3n) is 2.04. The Morgan fingerprint density at radius 3 is 2.76 bits per heavy atom. The van der Waals surface area contributed by atoms with Crippen LogP contribution in [0.4, 0.5) is 14.5 Å². The van der Waals surface area contributed by atoms with Crippen LogP contribution in [-0.2, 0) is 0 Å². The van der Waals surface area contributed by atoms with Crippen molar-refractivity contribution >= 4 is 27.5 Å². The van der Waals surface area contributed by atoms with Crippen molar-refractivity contribution < 1.29 is 14.0 Å². The average molecular weight is 308 g/mol. The number of halogens is 3. The van der Waals surface area contributed by atoms with Crippen LogP contribution in [0.25, 0.3) is 0 Å². The monoisotopic (exact) mass is 307 g/mol. The molecule has 1 unspecified atom stereocenters. The summed E-state index contributed by atoms with van der Waals surface area (Å²) in [5, 5.41) is 14.0. The zero-order chi connectivity index (χ0) is 13.0. The second kappa shape index (κ2) is 5.81. The second-order valence-corrected chi connectivity index (χ2v) is 4.44. The van der Waals surface area contributed by atoms with Crippen molar-refractivity contribution in [3.8, 4) is 0 Å². The summed E-state index contributed by atoms with van der Waals surface area (Å²) in [6.07, 6.45) is 0.236. The maximum absolute atomic E-state index is 13.4. The summed E-state index contributed by atoms with van der Waals surface area (Å²) in [6.45, 7) is 1.73. The molecule has 0 aromatic heterocycles. The summed E-state index contributed by atoms with van der Waals surface area (Å²) < 4.78 is 26.6. The van der Waals surface area contributed by atoms with E-state index < -0.39 is 11.6 Å². The molecule has 4 N–H and O–H groups in total. The molecule has 17 heavy (non-hydrogen) atoms. The minimum atomic E-state index is -0.705. The van der Waals surface area contributed by atoms with Gasteiger partial charge in [0, 0.05) is 23.0 Å². The molecular weight excluding hydrogens is 296 g/mol. The number of nitrogens with one attached hydrogen (secondary N) is 1. The molecule has 0 radical (unpaired) electrons. The van der Waals surface area contributed by atoms with Gasteiger partial charge in [0.15, 0.2) is 0 Å². The lowest BCUT2D eigenvalue weighted by atomic mass is 10.2. The van der Waals surface area contributed by atoms with Crippen LogP contribution in [0, 0.1) is 11.6 Å². The molecule has 0 bridgehead atoms. The Balaban J connectivity index is 2.81. The molecule has 1 aromatic rings. The van der Waals surface area contributed by atoms with Gasteiger partial charge in [-0.1, -0.05) is 5.16 Å². The molecule has 7 heteroatoms. The summed E-state index contributed by atoms with van der Waals surface area (Å²) in [4.78, 5) is 0. The molecule has 0 amide bonds. The van der Waals surface area contributed by atoms with E-state index in [-0.39, 0.29) is 28.5 Å². The first-order valence-corrected chi connectivity index (χ1v) is 5.60. The Kier molecular flexibility index (Phi) is 4.68. The van der Waals surface area contributed by atoms with Crippen LogP contribution < -0.4 is 11.1 Å². The van der Waals surface area contributed by atoms with Crippen LogP contribution in [-0.4, -0.2) is 17.1 Å². The van der Waals surface area contributed by atoms with Gasteiger partial charge in [0.1, 0.15) is 17.5 Å². The van der Waals surface area contributed by atoms with Gasteiger partial charge < -0.3 is 16.3 Å². The fourth-order valence-electron chi connectivity index (χ4n) is 1.33. The summed E-state index contributed by atoms with van der Waals surface area (Å²) >= 11 is 3.06. The zero-order valence-electron chi connectivity index (χ0n) is 9.04. The van der Waals surface area contributed by atoms with Gasteiger partial charge in [-0.3, -0.25) is 0 Å². The molecule has 1 rings (SSSR count). The Morgan fingerprint density at radius 1 is 1.59 bits per heavy atom. The molecule has 0 fully saturated rings. The predicted molar refractivity (Wildman–Crippen MR) is 65.2 cm³/mol. The number of anilines is 1. The number of benzene rings is 1. The van der Waals surface area contributed by atoms with E-state index in [4.69, 9.17) is 10.9 Å². The van der Waals surface area contributed by atoms with E-state index in [2.05, 4.69) is 26.4 Å². The average Bonchev–Trinajstić information content (AvgIpc) is 2.23. The Morgan fingerprint density at radius 2 is 2.24 bits per heavy atom. The maximum atomic E-state index is 13.4. The van der Waals surface area contributed by atoms with E-state index in [1.165, 1.54) is 0 Å². The molecule has 0 heterocycles. The van der Waals surface area contributed by atoms with Gasteiger partial charge in [-0.15, -0.1) is 0 Å². The molecule has 0 aliphatic heterocycles. The molecule has 0 spiro atoms. The van der Waals surface area contributed by atoms with Crippen LogP contribution >= 0.6 is 15.9 Å². The number of oxime groups is 1. The van der Waals surface area contributed by atoms with Gasteiger partial charge in [0.25, 0.3) is 0 Å². The number of rotatable bonds is 4. The first kappa shape index (κ1) is 13.7. The van der Waals surface area contributed by atoms with E-state index in [9.17, 15) is 8.78 Å². The molecule has 1 atom stereocenters. The van der Waals surface area contributed by atoms with Crippen LogP contribution in [0.3, 0.4) is 0 Å². The van der Waals surface area contributed by atoms with Gasteiger partial charge in [-0.2, -0.15) is 0 Å². The molecule has 4 nitrogen and oxygen atoms in total. The summed E-state index contributed by atoms with van der Waals surface area (Å²) in [7, 11) is 0. The van der Waals surface area contributed by atoms with Crippen molar-refractivity contribution in [2.75, 3.05) is 5.32 Å². The second-order valence-electron chi connectivity index (χ2n) is 3.59. The van der Waals surface area contributed by atoms with Gasteiger partial charge in [0.05, 0.1) is 5.69 Å². The highest BCUT2D eigenvalue weighted by atomic mass is 79.9. The fourth-order valence-corrected chi connectivity index (χ4v) is 1.85. The predicted octanol–water partition coefficient (Wildman–Crippen LogP) is 2.66. The van der Waals surface area contributed by atoms with E-state index in [1.807, 2.05) is 0 Å². The van der Waals surface area contributed by atoms with Crippen molar-refractivity contribution in [1.29, 1.82) is 0 Å². The first-order valence-electron chi connectivity index (χ1n) is 4.81. The lowest BCUT2D eigenvalue weighted by Gasteiger charge is -2.16. The van der Waals surface area contributed by atoms with E-state index >= 15 is 0 Å². The molecule has 1 aromatic carbocycles. The molecular formula is C10H12BrF2N3O. The number of nitrogens with two attached hydrogens (primary N) is 1. The van der Waals surface area contributed by atoms with E-state index in [0.717, 1.165) is 12.1 Å². The summed E-state index contributed by atoms with van der Waals surface area (Å²) in [5.41, 5.74) is 5.47. The topological polar surface area (TPSA) is 70.6 Å². The first-order chi connectivity index (χ1) is 7.93. The Labute approximate surface area is 106 Å².